The van der Waals surface area contributed by atoms with Crippen LogP contribution in [0.3, 0.4) is 0 Å². The molecule has 27 heavy (non-hydrogen) atoms. The maximum atomic E-state index is 13.0. The van der Waals surface area contributed by atoms with Gasteiger partial charge in [-0.25, -0.2) is 0 Å². The Kier molecular flexibility index (Phi) is 5.62. The number of hydrogen-bond acceptors (Lipinski definition) is 5. The lowest BCUT2D eigenvalue weighted by Crippen LogP contribution is -2.33. The van der Waals surface area contributed by atoms with Crippen LogP contribution in [-0.4, -0.2) is 35.2 Å². The molecule has 0 aliphatic heterocycles. The van der Waals surface area contributed by atoms with Gasteiger partial charge in [-0.3, -0.25) is 4.79 Å². The summed E-state index contributed by atoms with van der Waals surface area (Å²) in [4.78, 5) is 14.8. The molecule has 1 heterocycles. The summed E-state index contributed by atoms with van der Waals surface area (Å²) >= 11 is 0. The number of ether oxygens (including phenoxy) is 2. The Hall–Kier alpha value is -2.64. The largest absolute Gasteiger partial charge is 0.490 e. The van der Waals surface area contributed by atoms with Crippen LogP contribution in [0.25, 0.3) is 0 Å². The van der Waals surface area contributed by atoms with Gasteiger partial charge < -0.3 is 18.9 Å². The molecule has 1 aromatic carbocycles. The number of hydrogen-bond donors (Lipinski definition) is 0. The quantitative estimate of drug-likeness (QED) is 0.690. The van der Waals surface area contributed by atoms with Gasteiger partial charge >= 0.3 is 6.61 Å². The smallest absolute Gasteiger partial charge is 0.387 e. The predicted octanol–water partition coefficient (Wildman–Crippen LogP) is 4.10. The van der Waals surface area contributed by atoms with E-state index in [1.165, 1.54) is 6.07 Å². The van der Waals surface area contributed by atoms with Crippen LogP contribution in [0.1, 0.15) is 47.1 Å². The van der Waals surface area contributed by atoms with Gasteiger partial charge in [-0.05, 0) is 51.3 Å². The molecule has 6 nitrogen and oxygen atoms in total. The first kappa shape index (κ1) is 19.1. The lowest BCUT2D eigenvalue weighted by atomic mass is 10.1. The number of halogens is 2. The summed E-state index contributed by atoms with van der Waals surface area (Å²) in [5, 5.41) is 3.85. The van der Waals surface area contributed by atoms with Gasteiger partial charge in [0.2, 0.25) is 0 Å². The Morgan fingerprint density at radius 1 is 1.33 bits per heavy atom. The number of aromatic nitrogens is 1. The summed E-state index contributed by atoms with van der Waals surface area (Å²) < 4.78 is 40.1. The minimum Gasteiger partial charge on any atom is -0.490 e. The second-order valence-corrected chi connectivity index (χ2v) is 6.46. The number of aryl methyl sites for hydroxylation is 2. The van der Waals surface area contributed by atoms with Crippen LogP contribution in [0, 0.1) is 13.8 Å². The number of nitrogens with zero attached hydrogens (tertiary/aromatic N) is 2. The SMILES string of the molecule is CCOc1cc(CN(C(=O)c2c(C)noc2C)C2CC2)ccc1OC(F)F. The van der Waals surface area contributed by atoms with Gasteiger partial charge in [0.15, 0.2) is 11.5 Å². The summed E-state index contributed by atoms with van der Waals surface area (Å²) in [5.74, 6) is 0.555. The van der Waals surface area contributed by atoms with Crippen molar-refractivity contribution in [1.29, 1.82) is 0 Å². The van der Waals surface area contributed by atoms with Crippen molar-refractivity contribution in [2.45, 2.75) is 52.8 Å². The zero-order valence-electron chi connectivity index (χ0n) is 15.5. The molecule has 3 rings (SSSR count). The summed E-state index contributed by atoms with van der Waals surface area (Å²) in [5.41, 5.74) is 1.80. The molecular weight excluding hydrogens is 358 g/mol. The standard InChI is InChI=1S/C19H22F2N2O4/c1-4-25-16-9-13(5-8-15(16)26-19(20)21)10-23(14-6-7-14)18(24)17-11(2)22-27-12(17)3/h5,8-9,14,19H,4,6-7,10H2,1-3H3. The predicted molar refractivity (Wildman–Crippen MR) is 93.1 cm³/mol. The van der Waals surface area contributed by atoms with Gasteiger partial charge in [-0.15, -0.1) is 0 Å². The van der Waals surface area contributed by atoms with Crippen LogP contribution < -0.4 is 9.47 Å². The van der Waals surface area contributed by atoms with Crippen LogP contribution in [0.2, 0.25) is 0 Å². The fraction of sp³-hybridized carbons (Fsp3) is 0.474. The monoisotopic (exact) mass is 380 g/mol. The van der Waals surface area contributed by atoms with Crippen molar-refractivity contribution in [3.05, 3.63) is 40.8 Å². The zero-order chi connectivity index (χ0) is 19.6. The fourth-order valence-electron chi connectivity index (χ4n) is 2.99. The van der Waals surface area contributed by atoms with Gasteiger partial charge in [0, 0.05) is 12.6 Å². The van der Waals surface area contributed by atoms with Crippen LogP contribution >= 0.6 is 0 Å². The van der Waals surface area contributed by atoms with Crippen LogP contribution in [0.5, 0.6) is 11.5 Å². The van der Waals surface area contributed by atoms with E-state index < -0.39 is 6.61 Å². The second-order valence-electron chi connectivity index (χ2n) is 6.46. The van der Waals surface area contributed by atoms with Crippen LogP contribution in [-0.2, 0) is 6.54 Å². The minimum absolute atomic E-state index is 0.0226. The van der Waals surface area contributed by atoms with E-state index in [0.29, 0.717) is 30.2 Å². The summed E-state index contributed by atoms with van der Waals surface area (Å²) in [6.45, 7) is 2.92. The van der Waals surface area contributed by atoms with E-state index in [-0.39, 0.29) is 23.4 Å². The molecule has 0 N–H and O–H groups in total. The Balaban J connectivity index is 1.84. The maximum absolute atomic E-state index is 13.0. The fourth-order valence-corrected chi connectivity index (χ4v) is 2.99. The van der Waals surface area contributed by atoms with Crippen molar-refractivity contribution in [1.82, 2.24) is 10.1 Å². The highest BCUT2D eigenvalue weighted by molar-refractivity contribution is 5.96. The van der Waals surface area contributed by atoms with Crippen molar-refractivity contribution in [2.75, 3.05) is 6.61 Å². The molecule has 0 bridgehead atoms. The van der Waals surface area contributed by atoms with Gasteiger partial charge in [0.05, 0.1) is 12.3 Å². The first-order chi connectivity index (χ1) is 12.9. The van der Waals surface area contributed by atoms with E-state index in [2.05, 4.69) is 9.89 Å². The highest BCUT2D eigenvalue weighted by Crippen LogP contribution is 2.34. The summed E-state index contributed by atoms with van der Waals surface area (Å²) in [7, 11) is 0. The number of rotatable bonds is 8. The molecule has 1 aromatic heterocycles. The number of benzene rings is 1. The molecule has 146 valence electrons. The molecule has 1 saturated carbocycles. The highest BCUT2D eigenvalue weighted by atomic mass is 19.3. The van der Waals surface area contributed by atoms with E-state index in [0.717, 1.165) is 18.4 Å². The average Bonchev–Trinajstić information content (AvgIpc) is 3.39. The van der Waals surface area contributed by atoms with E-state index >= 15 is 0 Å². The number of amides is 1. The van der Waals surface area contributed by atoms with Gasteiger partial charge in [-0.1, -0.05) is 11.2 Å². The second kappa shape index (κ2) is 7.94. The third-order valence-corrected chi connectivity index (χ3v) is 4.37. The van der Waals surface area contributed by atoms with Crippen LogP contribution in [0.15, 0.2) is 22.7 Å². The molecule has 1 fully saturated rings. The molecule has 0 saturated heterocycles. The Labute approximate surface area is 156 Å². The number of carbonyl (C=O) groups is 1. The molecule has 0 spiro atoms. The number of alkyl halides is 2. The summed E-state index contributed by atoms with van der Waals surface area (Å²) in [6, 6.07) is 4.89. The number of carbonyl (C=O) groups excluding carboxylic acids is 1. The third-order valence-electron chi connectivity index (χ3n) is 4.37. The molecule has 2 aromatic rings. The maximum Gasteiger partial charge on any atom is 0.387 e. The molecule has 0 radical (unpaired) electrons. The highest BCUT2D eigenvalue weighted by Gasteiger charge is 2.35. The molecular formula is C19H22F2N2O4. The zero-order valence-corrected chi connectivity index (χ0v) is 15.5. The van der Waals surface area contributed by atoms with Crippen molar-refractivity contribution < 1.29 is 27.6 Å². The lowest BCUT2D eigenvalue weighted by Gasteiger charge is -2.23. The van der Waals surface area contributed by atoms with Gasteiger partial charge in [0.1, 0.15) is 11.3 Å². The van der Waals surface area contributed by atoms with Gasteiger partial charge in [-0.2, -0.15) is 8.78 Å². The van der Waals surface area contributed by atoms with E-state index in [4.69, 9.17) is 9.26 Å². The van der Waals surface area contributed by atoms with Crippen molar-refractivity contribution in [3.8, 4) is 11.5 Å². The van der Waals surface area contributed by atoms with Crippen LogP contribution in [0.4, 0.5) is 8.78 Å². The molecule has 8 heteroatoms. The normalized spacial score (nSPS) is 13.7. The molecule has 1 aliphatic carbocycles. The molecule has 1 amide bonds. The Morgan fingerprint density at radius 3 is 2.63 bits per heavy atom. The molecule has 0 atom stereocenters. The topological polar surface area (TPSA) is 64.8 Å². The lowest BCUT2D eigenvalue weighted by molar-refractivity contribution is -0.0514. The van der Waals surface area contributed by atoms with E-state index in [1.807, 2.05) is 0 Å². The van der Waals surface area contributed by atoms with Crippen molar-refractivity contribution >= 4 is 5.91 Å². The molecule has 0 unspecified atom stereocenters. The summed E-state index contributed by atoms with van der Waals surface area (Å²) in [6.07, 6.45) is 1.86. The Bertz CT molecular complexity index is 799. The first-order valence-electron chi connectivity index (χ1n) is 8.85. The van der Waals surface area contributed by atoms with Crippen molar-refractivity contribution in [2.24, 2.45) is 0 Å². The van der Waals surface area contributed by atoms with E-state index in [1.54, 1.807) is 37.8 Å². The van der Waals surface area contributed by atoms with E-state index in [9.17, 15) is 13.6 Å². The average molecular weight is 380 g/mol. The van der Waals surface area contributed by atoms with Crippen molar-refractivity contribution in [3.63, 3.8) is 0 Å². The first-order valence-corrected chi connectivity index (χ1v) is 8.85. The third kappa shape index (κ3) is 4.37. The minimum atomic E-state index is -2.93. The van der Waals surface area contributed by atoms with Gasteiger partial charge in [0.25, 0.3) is 5.91 Å². The molecule has 1 aliphatic rings. The Morgan fingerprint density at radius 2 is 2.07 bits per heavy atom.